The number of rotatable bonds is 5. The fourth-order valence-corrected chi connectivity index (χ4v) is 2.79. The van der Waals surface area contributed by atoms with Gasteiger partial charge in [0, 0.05) is 21.2 Å². The van der Waals surface area contributed by atoms with Gasteiger partial charge in [0.25, 0.3) is 0 Å². The van der Waals surface area contributed by atoms with E-state index in [1.165, 1.54) is 23.9 Å². The van der Waals surface area contributed by atoms with Crippen LogP contribution in [-0.4, -0.2) is 11.1 Å². The molecule has 0 unspecified atom stereocenters. The Bertz CT molecular complexity index is 614. The van der Waals surface area contributed by atoms with Crippen LogP contribution in [0.25, 0.3) is 0 Å². The van der Waals surface area contributed by atoms with Gasteiger partial charge in [0.1, 0.15) is 5.82 Å². The zero-order valence-corrected chi connectivity index (χ0v) is 12.0. The molecule has 1 N–H and O–H groups in total. The molecule has 0 atom stereocenters. The Kier molecular flexibility index (Phi) is 5.04. The van der Waals surface area contributed by atoms with Crippen LogP contribution in [0.4, 0.5) is 4.39 Å². The van der Waals surface area contributed by atoms with Crippen LogP contribution in [0.3, 0.4) is 0 Å². The van der Waals surface area contributed by atoms with Gasteiger partial charge >= 0.3 is 5.97 Å². The van der Waals surface area contributed by atoms with Crippen LogP contribution < -0.4 is 0 Å². The summed E-state index contributed by atoms with van der Waals surface area (Å²) < 4.78 is 13.3. The van der Waals surface area contributed by atoms with E-state index < -0.39 is 5.97 Å². The molecule has 0 heterocycles. The van der Waals surface area contributed by atoms with E-state index in [1.807, 2.05) is 12.1 Å². The number of aliphatic carboxylic acids is 1. The molecule has 0 aliphatic carbocycles. The van der Waals surface area contributed by atoms with Gasteiger partial charge in [-0.15, -0.1) is 0 Å². The minimum atomic E-state index is -0.892. The molecule has 0 saturated carbocycles. The smallest absolute Gasteiger partial charge is 0.303 e. The molecule has 0 aliphatic heterocycles. The van der Waals surface area contributed by atoms with Crippen molar-refractivity contribution in [2.24, 2.45) is 0 Å². The summed E-state index contributed by atoms with van der Waals surface area (Å²) in [7, 11) is 0. The van der Waals surface area contributed by atoms with Gasteiger partial charge in [0.2, 0.25) is 0 Å². The molecule has 0 radical (unpaired) electrons. The van der Waals surface area contributed by atoms with E-state index in [0.717, 1.165) is 9.79 Å². The molecular weight excluding hydrogens is 299 g/mol. The first-order valence-electron chi connectivity index (χ1n) is 5.98. The predicted octanol–water partition coefficient (Wildman–Crippen LogP) is 4.65. The van der Waals surface area contributed by atoms with Gasteiger partial charge in [-0.2, -0.15) is 0 Å². The largest absolute Gasteiger partial charge is 0.481 e. The molecule has 104 valence electrons. The molecule has 2 aromatic rings. The van der Waals surface area contributed by atoms with Gasteiger partial charge < -0.3 is 5.11 Å². The Morgan fingerprint density at radius 1 is 1.20 bits per heavy atom. The van der Waals surface area contributed by atoms with Crippen LogP contribution in [-0.2, 0) is 11.2 Å². The summed E-state index contributed by atoms with van der Waals surface area (Å²) in [4.78, 5) is 12.5. The molecule has 20 heavy (non-hydrogen) atoms. The van der Waals surface area contributed by atoms with Crippen LogP contribution in [0.15, 0.2) is 52.3 Å². The van der Waals surface area contributed by atoms with E-state index in [-0.39, 0.29) is 12.2 Å². The average molecular weight is 311 g/mol. The van der Waals surface area contributed by atoms with Crippen molar-refractivity contribution in [1.82, 2.24) is 0 Å². The zero-order chi connectivity index (χ0) is 14.5. The van der Waals surface area contributed by atoms with Crippen LogP contribution >= 0.6 is 23.4 Å². The quantitative estimate of drug-likeness (QED) is 0.873. The monoisotopic (exact) mass is 310 g/mol. The van der Waals surface area contributed by atoms with Crippen molar-refractivity contribution in [2.75, 3.05) is 0 Å². The molecule has 5 heteroatoms. The van der Waals surface area contributed by atoms with Gasteiger partial charge in [-0.3, -0.25) is 4.79 Å². The SMILES string of the molecule is O=C(O)CCc1cc(F)ccc1Sc1ccc(Cl)cc1. The van der Waals surface area contributed by atoms with Gasteiger partial charge in [0.05, 0.1) is 0 Å². The Morgan fingerprint density at radius 2 is 1.90 bits per heavy atom. The van der Waals surface area contributed by atoms with Crippen LogP contribution in [0, 0.1) is 5.82 Å². The van der Waals surface area contributed by atoms with E-state index in [9.17, 15) is 9.18 Å². The normalized spacial score (nSPS) is 10.5. The first-order chi connectivity index (χ1) is 9.54. The highest BCUT2D eigenvalue weighted by Gasteiger charge is 2.08. The van der Waals surface area contributed by atoms with Gasteiger partial charge in [-0.25, -0.2) is 4.39 Å². The van der Waals surface area contributed by atoms with Crippen molar-refractivity contribution < 1.29 is 14.3 Å². The summed E-state index contributed by atoms with van der Waals surface area (Å²) in [6.07, 6.45) is 0.292. The Hall–Kier alpha value is -1.52. The third-order valence-corrected chi connectivity index (χ3v) is 4.05. The van der Waals surface area contributed by atoms with Crippen molar-refractivity contribution in [3.8, 4) is 0 Å². The highest BCUT2D eigenvalue weighted by molar-refractivity contribution is 7.99. The molecule has 2 rings (SSSR count). The van der Waals surface area contributed by atoms with Gasteiger partial charge in [-0.05, 0) is 54.4 Å². The van der Waals surface area contributed by atoms with E-state index in [4.69, 9.17) is 16.7 Å². The molecule has 2 aromatic carbocycles. The highest BCUT2D eigenvalue weighted by Crippen LogP contribution is 2.32. The second kappa shape index (κ2) is 6.77. The molecular formula is C15H12ClFO2S. The van der Waals surface area contributed by atoms with Gasteiger partial charge in [-0.1, -0.05) is 23.4 Å². The number of hydrogen-bond acceptors (Lipinski definition) is 2. The van der Waals surface area contributed by atoms with Crippen LogP contribution in [0.1, 0.15) is 12.0 Å². The lowest BCUT2D eigenvalue weighted by molar-refractivity contribution is -0.136. The Labute approximate surface area is 125 Å². The number of carboxylic acids is 1. The zero-order valence-electron chi connectivity index (χ0n) is 10.5. The van der Waals surface area contributed by atoms with Crippen molar-refractivity contribution in [1.29, 1.82) is 0 Å². The van der Waals surface area contributed by atoms with Crippen molar-refractivity contribution in [2.45, 2.75) is 22.6 Å². The summed E-state index contributed by atoms with van der Waals surface area (Å²) in [5, 5.41) is 9.39. The summed E-state index contributed by atoms with van der Waals surface area (Å²) in [6.45, 7) is 0. The molecule has 2 nitrogen and oxygen atoms in total. The lowest BCUT2D eigenvalue weighted by Gasteiger charge is -2.08. The number of halogens is 2. The van der Waals surface area contributed by atoms with Crippen LogP contribution in [0.2, 0.25) is 5.02 Å². The summed E-state index contributed by atoms with van der Waals surface area (Å²) >= 11 is 7.29. The maximum absolute atomic E-state index is 13.3. The van der Waals surface area contributed by atoms with Crippen molar-refractivity contribution in [3.05, 3.63) is 58.9 Å². The van der Waals surface area contributed by atoms with E-state index >= 15 is 0 Å². The topological polar surface area (TPSA) is 37.3 Å². The minimum Gasteiger partial charge on any atom is -0.481 e. The third kappa shape index (κ3) is 4.25. The van der Waals surface area contributed by atoms with Crippen molar-refractivity contribution >= 4 is 29.3 Å². The maximum Gasteiger partial charge on any atom is 0.303 e. The van der Waals surface area contributed by atoms with E-state index in [0.29, 0.717) is 17.0 Å². The first kappa shape index (κ1) is 14.9. The third-order valence-electron chi connectivity index (χ3n) is 2.67. The first-order valence-corrected chi connectivity index (χ1v) is 7.17. The Balaban J connectivity index is 2.21. The number of carboxylic acid groups (broad SMARTS) is 1. The fourth-order valence-electron chi connectivity index (χ4n) is 1.71. The fraction of sp³-hybridized carbons (Fsp3) is 0.133. The second-order valence-corrected chi connectivity index (χ2v) is 5.75. The lowest BCUT2D eigenvalue weighted by atomic mass is 10.1. The number of carbonyl (C=O) groups is 1. The molecule has 0 aliphatic rings. The predicted molar refractivity (Wildman–Crippen MR) is 77.9 cm³/mol. The number of aryl methyl sites for hydroxylation is 1. The number of benzene rings is 2. The minimum absolute atomic E-state index is 0.0162. The molecule has 0 bridgehead atoms. The Morgan fingerprint density at radius 3 is 2.55 bits per heavy atom. The molecule has 0 saturated heterocycles. The lowest BCUT2D eigenvalue weighted by Crippen LogP contribution is -1.99. The number of hydrogen-bond donors (Lipinski definition) is 1. The summed E-state index contributed by atoms with van der Waals surface area (Å²) in [5.41, 5.74) is 0.701. The standard InChI is InChI=1S/C15H12ClFO2S/c16-11-2-5-13(6-3-11)20-14-7-4-12(17)9-10(14)1-8-15(18)19/h2-7,9H,1,8H2,(H,18,19). The van der Waals surface area contributed by atoms with Crippen LogP contribution in [0.5, 0.6) is 0 Å². The van der Waals surface area contributed by atoms with Gasteiger partial charge in [0.15, 0.2) is 0 Å². The molecule has 0 aromatic heterocycles. The average Bonchev–Trinajstić information content (AvgIpc) is 2.41. The van der Waals surface area contributed by atoms with E-state index in [2.05, 4.69) is 0 Å². The molecule has 0 spiro atoms. The summed E-state index contributed by atoms with van der Waals surface area (Å²) in [6, 6.07) is 11.7. The second-order valence-electron chi connectivity index (χ2n) is 4.20. The maximum atomic E-state index is 13.3. The highest BCUT2D eigenvalue weighted by atomic mass is 35.5. The molecule has 0 amide bonds. The van der Waals surface area contributed by atoms with E-state index in [1.54, 1.807) is 18.2 Å². The molecule has 0 fully saturated rings. The summed E-state index contributed by atoms with van der Waals surface area (Å²) in [5.74, 6) is -1.25. The van der Waals surface area contributed by atoms with Crippen molar-refractivity contribution in [3.63, 3.8) is 0 Å².